The van der Waals surface area contributed by atoms with Gasteiger partial charge in [0, 0.05) is 19.8 Å². The molecule has 1 aromatic rings. The van der Waals surface area contributed by atoms with Crippen LogP contribution in [0.1, 0.15) is 19.8 Å². The lowest BCUT2D eigenvalue weighted by atomic mass is 9.98. The Bertz CT molecular complexity index is 421. The first-order valence-corrected chi connectivity index (χ1v) is 7.68. The second-order valence-electron chi connectivity index (χ2n) is 4.61. The monoisotopic (exact) mass is 304 g/mol. The number of anilines is 1. The molecule has 0 bridgehead atoms. The quantitative estimate of drug-likeness (QED) is 0.463. The zero-order valence-electron chi connectivity index (χ0n) is 11.7. The highest BCUT2D eigenvalue weighted by molar-refractivity contribution is 8.01. The second-order valence-corrected chi connectivity index (χ2v) is 6.90. The van der Waals surface area contributed by atoms with Crippen LogP contribution in [0.15, 0.2) is 4.34 Å². The van der Waals surface area contributed by atoms with Crippen LogP contribution in [0, 0.1) is 0 Å². The van der Waals surface area contributed by atoms with Crippen molar-refractivity contribution in [3.63, 3.8) is 0 Å². The maximum absolute atomic E-state index is 11.4. The molecule has 1 aromatic heterocycles. The third kappa shape index (κ3) is 4.96. The Kier molecular flexibility index (Phi) is 6.02. The molecule has 1 heterocycles. The lowest BCUT2D eigenvalue weighted by molar-refractivity contribution is -0.146. The molecule has 1 rings (SSSR count). The van der Waals surface area contributed by atoms with Crippen molar-refractivity contribution in [1.29, 1.82) is 0 Å². The summed E-state index contributed by atoms with van der Waals surface area (Å²) in [5.41, 5.74) is 4.97. The molecule has 108 valence electrons. The standard InChI is InChI=1S/C11H20N4O2S2/c1-11(12,8(16)17-4)6-5-7-18-10-14-13-9(19-10)15(2)3/h5-7,12H2,1-4H3. The van der Waals surface area contributed by atoms with Crippen LogP contribution >= 0.6 is 23.1 Å². The van der Waals surface area contributed by atoms with Gasteiger partial charge >= 0.3 is 5.97 Å². The molecule has 0 amide bonds. The molecule has 6 nitrogen and oxygen atoms in total. The largest absolute Gasteiger partial charge is 0.468 e. The Labute approximate surface area is 121 Å². The van der Waals surface area contributed by atoms with E-state index >= 15 is 0 Å². The van der Waals surface area contributed by atoms with E-state index in [2.05, 4.69) is 14.9 Å². The Hall–Kier alpha value is -0.860. The molecule has 0 radical (unpaired) electrons. The van der Waals surface area contributed by atoms with Gasteiger partial charge in [-0.2, -0.15) is 0 Å². The fraction of sp³-hybridized carbons (Fsp3) is 0.727. The van der Waals surface area contributed by atoms with Crippen molar-refractivity contribution in [1.82, 2.24) is 10.2 Å². The van der Waals surface area contributed by atoms with Gasteiger partial charge in [0.15, 0.2) is 4.34 Å². The van der Waals surface area contributed by atoms with Crippen molar-refractivity contribution < 1.29 is 9.53 Å². The molecule has 0 aliphatic rings. The fourth-order valence-electron chi connectivity index (χ4n) is 1.38. The lowest BCUT2D eigenvalue weighted by Crippen LogP contribution is -2.45. The molecule has 0 aromatic carbocycles. The Morgan fingerprint density at radius 3 is 2.74 bits per heavy atom. The minimum atomic E-state index is -0.911. The average Bonchev–Trinajstić information content (AvgIpc) is 2.82. The van der Waals surface area contributed by atoms with Gasteiger partial charge < -0.3 is 15.4 Å². The summed E-state index contributed by atoms with van der Waals surface area (Å²) in [4.78, 5) is 13.3. The van der Waals surface area contributed by atoms with E-state index in [0.717, 1.165) is 21.6 Å². The van der Waals surface area contributed by atoms with E-state index in [9.17, 15) is 4.79 Å². The van der Waals surface area contributed by atoms with Crippen LogP contribution in [0.25, 0.3) is 0 Å². The maximum atomic E-state index is 11.4. The number of hydrogen-bond donors (Lipinski definition) is 1. The van der Waals surface area contributed by atoms with E-state index in [0.29, 0.717) is 6.42 Å². The van der Waals surface area contributed by atoms with Crippen LogP contribution < -0.4 is 10.6 Å². The van der Waals surface area contributed by atoms with E-state index < -0.39 is 5.54 Å². The number of nitrogens with zero attached hydrogens (tertiary/aromatic N) is 3. The van der Waals surface area contributed by atoms with Crippen molar-refractivity contribution in [3.8, 4) is 0 Å². The molecule has 19 heavy (non-hydrogen) atoms. The van der Waals surface area contributed by atoms with Gasteiger partial charge in [-0.15, -0.1) is 10.2 Å². The summed E-state index contributed by atoms with van der Waals surface area (Å²) in [6.07, 6.45) is 1.41. The zero-order valence-corrected chi connectivity index (χ0v) is 13.3. The van der Waals surface area contributed by atoms with Crippen LogP contribution in [-0.2, 0) is 9.53 Å². The smallest absolute Gasteiger partial charge is 0.325 e. The minimum absolute atomic E-state index is 0.372. The predicted octanol–water partition coefficient (Wildman–Crippen LogP) is 1.37. The minimum Gasteiger partial charge on any atom is -0.468 e. The summed E-state index contributed by atoms with van der Waals surface area (Å²) in [7, 11) is 5.22. The van der Waals surface area contributed by atoms with Crippen molar-refractivity contribution in [2.24, 2.45) is 5.73 Å². The predicted molar refractivity (Wildman–Crippen MR) is 78.8 cm³/mol. The SMILES string of the molecule is COC(=O)C(C)(N)CCCSc1nnc(N(C)C)s1. The van der Waals surface area contributed by atoms with E-state index in [1.165, 1.54) is 7.11 Å². The third-order valence-electron chi connectivity index (χ3n) is 2.50. The number of aromatic nitrogens is 2. The molecule has 8 heteroatoms. The van der Waals surface area contributed by atoms with Gasteiger partial charge in [-0.25, -0.2) is 0 Å². The van der Waals surface area contributed by atoms with Gasteiger partial charge in [0.25, 0.3) is 0 Å². The molecule has 0 spiro atoms. The molecule has 1 unspecified atom stereocenters. The van der Waals surface area contributed by atoms with Crippen LogP contribution in [0.2, 0.25) is 0 Å². The van der Waals surface area contributed by atoms with Crippen molar-refractivity contribution in [2.45, 2.75) is 29.6 Å². The van der Waals surface area contributed by atoms with E-state index in [1.807, 2.05) is 19.0 Å². The highest BCUT2D eigenvalue weighted by Crippen LogP contribution is 2.28. The molecule has 0 saturated carbocycles. The molecule has 0 aliphatic heterocycles. The maximum Gasteiger partial charge on any atom is 0.325 e. The highest BCUT2D eigenvalue weighted by atomic mass is 32.2. The van der Waals surface area contributed by atoms with Gasteiger partial charge in [-0.1, -0.05) is 23.1 Å². The lowest BCUT2D eigenvalue weighted by Gasteiger charge is -2.20. The van der Waals surface area contributed by atoms with Gasteiger partial charge in [0.2, 0.25) is 5.13 Å². The van der Waals surface area contributed by atoms with Gasteiger partial charge in [-0.05, 0) is 19.8 Å². The summed E-state index contributed by atoms with van der Waals surface area (Å²) in [5.74, 6) is 0.481. The van der Waals surface area contributed by atoms with Crippen LogP contribution in [0.5, 0.6) is 0 Å². The Balaban J connectivity index is 2.32. The summed E-state index contributed by atoms with van der Waals surface area (Å²) in [5, 5.41) is 9.04. The summed E-state index contributed by atoms with van der Waals surface area (Å²) >= 11 is 3.18. The summed E-state index contributed by atoms with van der Waals surface area (Å²) < 4.78 is 5.59. The van der Waals surface area contributed by atoms with Crippen LogP contribution in [-0.4, -0.2) is 48.7 Å². The normalized spacial score (nSPS) is 13.9. The highest BCUT2D eigenvalue weighted by Gasteiger charge is 2.28. The first kappa shape index (κ1) is 16.2. The van der Waals surface area contributed by atoms with Gasteiger partial charge in [0.05, 0.1) is 7.11 Å². The average molecular weight is 304 g/mol. The number of esters is 1. The van der Waals surface area contributed by atoms with E-state index in [1.54, 1.807) is 30.0 Å². The molecule has 0 fully saturated rings. The Morgan fingerprint density at radius 2 is 2.21 bits per heavy atom. The second kappa shape index (κ2) is 7.06. The Morgan fingerprint density at radius 1 is 1.53 bits per heavy atom. The molecule has 0 saturated heterocycles. The summed E-state index contributed by atoms with van der Waals surface area (Å²) in [6, 6.07) is 0. The number of thioether (sulfide) groups is 1. The number of ether oxygens (including phenoxy) is 1. The van der Waals surface area contributed by atoms with Crippen molar-refractivity contribution in [3.05, 3.63) is 0 Å². The van der Waals surface area contributed by atoms with Crippen LogP contribution in [0.3, 0.4) is 0 Å². The number of rotatable bonds is 7. The third-order valence-corrected chi connectivity index (χ3v) is 4.81. The molecular formula is C11H20N4O2S2. The number of methoxy groups -OCH3 is 1. The summed E-state index contributed by atoms with van der Waals surface area (Å²) in [6.45, 7) is 1.69. The number of carbonyl (C=O) groups excluding carboxylic acids is 1. The van der Waals surface area contributed by atoms with Crippen LogP contribution in [0.4, 0.5) is 5.13 Å². The first-order valence-electron chi connectivity index (χ1n) is 5.88. The van der Waals surface area contributed by atoms with E-state index in [4.69, 9.17) is 5.73 Å². The molecular weight excluding hydrogens is 284 g/mol. The fourth-order valence-corrected chi connectivity index (χ4v) is 3.15. The van der Waals surface area contributed by atoms with Gasteiger partial charge in [0.1, 0.15) is 5.54 Å². The van der Waals surface area contributed by atoms with Crippen molar-refractivity contribution in [2.75, 3.05) is 31.9 Å². The molecule has 2 N–H and O–H groups in total. The molecule has 0 aliphatic carbocycles. The first-order chi connectivity index (χ1) is 8.86. The number of hydrogen-bond acceptors (Lipinski definition) is 8. The van der Waals surface area contributed by atoms with Gasteiger partial charge in [-0.3, -0.25) is 4.79 Å². The topological polar surface area (TPSA) is 81.3 Å². The zero-order chi connectivity index (χ0) is 14.5. The van der Waals surface area contributed by atoms with E-state index in [-0.39, 0.29) is 5.97 Å². The molecule has 1 atom stereocenters. The number of nitrogens with two attached hydrogens (primary N) is 1. The van der Waals surface area contributed by atoms with Crippen molar-refractivity contribution >= 4 is 34.2 Å². The number of carbonyl (C=O) groups is 1.